The van der Waals surface area contributed by atoms with Gasteiger partial charge in [-0.15, -0.1) is 0 Å². The number of pyridine rings is 1. The van der Waals surface area contributed by atoms with Gasteiger partial charge in [-0.25, -0.2) is 32.2 Å². The van der Waals surface area contributed by atoms with Gasteiger partial charge in [0.1, 0.15) is 17.2 Å². The lowest BCUT2D eigenvalue weighted by Gasteiger charge is -2.24. The predicted molar refractivity (Wildman–Crippen MR) is 126 cm³/mol. The van der Waals surface area contributed by atoms with E-state index < -0.39 is 16.4 Å². The molecule has 34 heavy (non-hydrogen) atoms. The molecule has 13 heteroatoms. The molecule has 0 spiro atoms. The second-order valence-corrected chi connectivity index (χ2v) is 9.49. The molecule has 0 radical (unpaired) electrons. The highest BCUT2D eigenvalue weighted by Crippen LogP contribution is 2.25. The van der Waals surface area contributed by atoms with Crippen LogP contribution in [0.3, 0.4) is 0 Å². The predicted octanol–water partition coefficient (Wildman–Crippen LogP) is 2.07. The van der Waals surface area contributed by atoms with Crippen molar-refractivity contribution in [3.05, 3.63) is 54.4 Å². The van der Waals surface area contributed by atoms with Gasteiger partial charge in [0.05, 0.1) is 37.1 Å². The number of halogens is 2. The highest BCUT2D eigenvalue weighted by molar-refractivity contribution is 7.88. The van der Waals surface area contributed by atoms with E-state index in [-0.39, 0.29) is 24.7 Å². The quantitative estimate of drug-likeness (QED) is 0.549. The zero-order valence-corrected chi connectivity index (χ0v) is 19.1. The summed E-state index contributed by atoms with van der Waals surface area (Å²) in [5.74, 6) is 0.866. The number of anilines is 1. The van der Waals surface area contributed by atoms with Gasteiger partial charge in [-0.1, -0.05) is 6.07 Å². The molecule has 2 aromatic rings. The van der Waals surface area contributed by atoms with E-state index >= 15 is 0 Å². The molecule has 0 N–H and O–H groups in total. The molecule has 0 amide bonds. The number of rotatable bonds is 7. The van der Waals surface area contributed by atoms with Crippen molar-refractivity contribution in [3.63, 3.8) is 0 Å². The van der Waals surface area contributed by atoms with E-state index in [9.17, 15) is 17.2 Å². The third-order valence-corrected chi connectivity index (χ3v) is 6.41. The summed E-state index contributed by atoms with van der Waals surface area (Å²) in [6.45, 7) is 4.83. The Labute approximate surface area is 195 Å². The second kappa shape index (κ2) is 9.73. The van der Waals surface area contributed by atoms with Gasteiger partial charge in [0, 0.05) is 31.7 Å². The molecule has 1 saturated heterocycles. The molecule has 0 saturated carbocycles. The van der Waals surface area contributed by atoms with Crippen molar-refractivity contribution < 1.29 is 17.2 Å². The standard InChI is InChI=1S/C21H22F2N8O2S/c1-24-12-18(29-9-8-25-17(13-29)20(22)23)21-26-7-6-16(28-21)15-4-3-5-19(27-15)30-10-11-31(14-30)34(2,32)33/h3-8,12-13,20H,1,9-11,14H2,2H3/b18-12-. The van der Waals surface area contributed by atoms with E-state index in [4.69, 9.17) is 0 Å². The molecule has 2 aliphatic heterocycles. The Morgan fingerprint density at radius 2 is 2.00 bits per heavy atom. The van der Waals surface area contributed by atoms with E-state index in [1.165, 1.54) is 34.1 Å². The van der Waals surface area contributed by atoms with Gasteiger partial charge >= 0.3 is 0 Å². The first-order valence-electron chi connectivity index (χ1n) is 10.2. The van der Waals surface area contributed by atoms with Crippen LogP contribution in [0.5, 0.6) is 0 Å². The Morgan fingerprint density at radius 1 is 1.21 bits per heavy atom. The number of aromatic nitrogens is 3. The number of sulfonamides is 1. The molecular weight excluding hydrogens is 466 g/mol. The number of allylic oxidation sites excluding steroid dienone is 1. The lowest BCUT2D eigenvalue weighted by Crippen LogP contribution is -2.30. The number of hydrogen-bond acceptors (Lipinski definition) is 9. The molecule has 0 bridgehead atoms. The van der Waals surface area contributed by atoms with Crippen LogP contribution >= 0.6 is 0 Å². The minimum atomic E-state index is -3.29. The highest BCUT2D eigenvalue weighted by Gasteiger charge is 2.27. The van der Waals surface area contributed by atoms with Crippen LogP contribution in [0.2, 0.25) is 0 Å². The van der Waals surface area contributed by atoms with Crippen LogP contribution in [-0.4, -0.2) is 84.5 Å². The van der Waals surface area contributed by atoms with Crippen molar-refractivity contribution in [1.82, 2.24) is 24.2 Å². The zero-order valence-electron chi connectivity index (χ0n) is 18.3. The average Bonchev–Trinajstić information content (AvgIpc) is 3.34. The van der Waals surface area contributed by atoms with E-state index in [1.807, 2.05) is 11.0 Å². The molecule has 0 aliphatic carbocycles. The molecule has 178 valence electrons. The molecular formula is C21H22F2N8O2S. The zero-order chi connectivity index (χ0) is 24.3. The fourth-order valence-electron chi connectivity index (χ4n) is 3.50. The highest BCUT2D eigenvalue weighted by atomic mass is 32.2. The van der Waals surface area contributed by atoms with Crippen LogP contribution in [0.25, 0.3) is 17.1 Å². The van der Waals surface area contributed by atoms with E-state index in [2.05, 4.69) is 31.7 Å². The molecule has 0 aromatic carbocycles. The van der Waals surface area contributed by atoms with Crippen LogP contribution < -0.4 is 4.90 Å². The molecule has 0 unspecified atom stereocenters. The molecule has 2 aliphatic rings. The van der Waals surface area contributed by atoms with Gasteiger partial charge in [-0.05, 0) is 24.9 Å². The number of alkyl halides is 2. The van der Waals surface area contributed by atoms with Crippen molar-refractivity contribution in [2.75, 3.05) is 37.5 Å². The van der Waals surface area contributed by atoms with Crippen molar-refractivity contribution in [2.24, 2.45) is 9.98 Å². The fraction of sp³-hybridized carbons (Fsp3) is 0.286. The van der Waals surface area contributed by atoms with Gasteiger partial charge < -0.3 is 9.80 Å². The van der Waals surface area contributed by atoms with Gasteiger partial charge in [0.15, 0.2) is 5.82 Å². The summed E-state index contributed by atoms with van der Waals surface area (Å²) in [5.41, 5.74) is 1.06. The minimum Gasteiger partial charge on any atom is -0.341 e. The van der Waals surface area contributed by atoms with E-state index in [0.717, 1.165) is 0 Å². The number of aliphatic imine (C=N–C) groups is 2. The lowest BCUT2D eigenvalue weighted by molar-refractivity contribution is 0.185. The number of hydrogen-bond donors (Lipinski definition) is 0. The summed E-state index contributed by atoms with van der Waals surface area (Å²) in [4.78, 5) is 24.4. The van der Waals surface area contributed by atoms with Gasteiger partial charge in [0.2, 0.25) is 10.0 Å². The summed E-state index contributed by atoms with van der Waals surface area (Å²) >= 11 is 0. The maximum Gasteiger partial charge on any atom is 0.281 e. The first-order chi connectivity index (χ1) is 16.3. The van der Waals surface area contributed by atoms with Gasteiger partial charge in [-0.2, -0.15) is 4.31 Å². The molecule has 4 rings (SSSR count). The monoisotopic (exact) mass is 488 g/mol. The van der Waals surface area contributed by atoms with Gasteiger partial charge in [0.25, 0.3) is 6.43 Å². The third kappa shape index (κ3) is 5.15. The lowest BCUT2D eigenvalue weighted by atomic mass is 10.2. The van der Waals surface area contributed by atoms with Gasteiger partial charge in [-0.3, -0.25) is 9.98 Å². The second-order valence-electron chi connectivity index (χ2n) is 7.51. The summed E-state index contributed by atoms with van der Waals surface area (Å²) in [6.07, 6.45) is 4.01. The molecule has 10 nitrogen and oxygen atoms in total. The molecule has 1 fully saturated rings. The maximum absolute atomic E-state index is 13.1. The Hall–Kier alpha value is -3.58. The van der Waals surface area contributed by atoms with Crippen LogP contribution in [0.4, 0.5) is 14.6 Å². The summed E-state index contributed by atoms with van der Waals surface area (Å²) in [5, 5.41) is 0. The van der Waals surface area contributed by atoms with Crippen LogP contribution in [-0.2, 0) is 10.0 Å². The Kier molecular flexibility index (Phi) is 6.75. The molecule has 2 aromatic heterocycles. The fourth-order valence-corrected chi connectivity index (χ4v) is 4.26. The van der Waals surface area contributed by atoms with Crippen molar-refractivity contribution in [1.29, 1.82) is 0 Å². The van der Waals surface area contributed by atoms with Crippen LogP contribution in [0, 0.1) is 0 Å². The topological polar surface area (TPSA) is 107 Å². The van der Waals surface area contributed by atoms with Crippen molar-refractivity contribution in [3.8, 4) is 11.4 Å². The minimum absolute atomic E-state index is 0.220. The summed E-state index contributed by atoms with van der Waals surface area (Å²) in [6, 6.07) is 7.06. The Balaban J connectivity index is 1.63. The van der Waals surface area contributed by atoms with E-state index in [0.29, 0.717) is 36.0 Å². The molecule has 0 atom stereocenters. The Morgan fingerprint density at radius 3 is 2.71 bits per heavy atom. The van der Waals surface area contributed by atoms with Crippen molar-refractivity contribution in [2.45, 2.75) is 6.43 Å². The Bertz CT molecular complexity index is 1280. The smallest absolute Gasteiger partial charge is 0.281 e. The number of nitrogens with zero attached hydrogens (tertiary/aromatic N) is 8. The SMILES string of the molecule is C=N/C=C(/c1nccc(-c2cccc(N3CCN(S(C)(=O)=O)C3)n2)n1)N1C=C(C(F)F)N=CC1. The first kappa shape index (κ1) is 23.6. The third-order valence-electron chi connectivity index (χ3n) is 5.18. The van der Waals surface area contributed by atoms with Crippen LogP contribution in [0.15, 0.2) is 58.5 Å². The summed E-state index contributed by atoms with van der Waals surface area (Å²) in [7, 11) is -3.29. The largest absolute Gasteiger partial charge is 0.341 e. The average molecular weight is 489 g/mol. The van der Waals surface area contributed by atoms with E-state index in [1.54, 1.807) is 24.4 Å². The normalized spacial score (nSPS) is 17.4. The van der Waals surface area contributed by atoms with Crippen LogP contribution in [0.1, 0.15) is 5.82 Å². The maximum atomic E-state index is 13.1. The summed E-state index contributed by atoms with van der Waals surface area (Å²) < 4.78 is 51.3. The molecule has 4 heterocycles. The first-order valence-corrected chi connectivity index (χ1v) is 12.1. The van der Waals surface area contributed by atoms with Crippen molar-refractivity contribution >= 4 is 34.5 Å².